The van der Waals surface area contributed by atoms with Gasteiger partial charge in [-0.1, -0.05) is 0 Å². The first-order valence-electron chi connectivity index (χ1n) is 5.64. The minimum atomic E-state index is -0.977. The van der Waals surface area contributed by atoms with Gasteiger partial charge in [0, 0.05) is 18.7 Å². The molecule has 0 aliphatic rings. The first-order valence-corrected chi connectivity index (χ1v) is 5.64. The average molecular weight is 235 g/mol. The Labute approximate surface area is 101 Å². The Morgan fingerprint density at radius 1 is 1.24 bits per heavy atom. The van der Waals surface area contributed by atoms with E-state index in [0.29, 0.717) is 24.2 Å². The molecule has 0 radical (unpaired) electrons. The number of hydrogen-bond acceptors (Lipinski definition) is 2. The predicted octanol–water partition coefficient (Wildman–Crippen LogP) is 2.18. The summed E-state index contributed by atoms with van der Waals surface area (Å²) in [4.78, 5) is 24.6. The number of carboxylic acid groups (broad SMARTS) is 1. The van der Waals surface area contributed by atoms with Gasteiger partial charge in [-0.05, 0) is 44.5 Å². The van der Waals surface area contributed by atoms with Crippen LogP contribution in [-0.2, 0) is 0 Å². The average Bonchev–Trinajstić information content (AvgIpc) is 2.30. The fourth-order valence-electron chi connectivity index (χ4n) is 1.72. The maximum atomic E-state index is 12.1. The van der Waals surface area contributed by atoms with Crippen LogP contribution < -0.4 is 0 Å². The van der Waals surface area contributed by atoms with Crippen LogP contribution in [0.3, 0.4) is 0 Å². The molecule has 1 N–H and O–H groups in total. The van der Waals surface area contributed by atoms with Gasteiger partial charge >= 0.3 is 5.97 Å². The summed E-state index contributed by atoms with van der Waals surface area (Å²) in [6, 6.07) is 4.57. The van der Waals surface area contributed by atoms with Gasteiger partial charge in [-0.25, -0.2) is 4.79 Å². The van der Waals surface area contributed by atoms with Crippen LogP contribution in [0.2, 0.25) is 0 Å². The van der Waals surface area contributed by atoms with Gasteiger partial charge < -0.3 is 10.0 Å². The van der Waals surface area contributed by atoms with Gasteiger partial charge in [0.1, 0.15) is 0 Å². The number of amides is 1. The first-order chi connectivity index (χ1) is 8.01. The Morgan fingerprint density at radius 2 is 1.82 bits per heavy atom. The highest BCUT2D eigenvalue weighted by molar-refractivity contribution is 5.97. The van der Waals surface area contributed by atoms with Crippen LogP contribution in [-0.4, -0.2) is 35.0 Å². The maximum Gasteiger partial charge on any atom is 0.335 e. The summed E-state index contributed by atoms with van der Waals surface area (Å²) in [5, 5.41) is 8.84. The van der Waals surface area contributed by atoms with Gasteiger partial charge in [0.2, 0.25) is 0 Å². The lowest BCUT2D eigenvalue weighted by atomic mass is 10.0. The monoisotopic (exact) mass is 235 g/mol. The van der Waals surface area contributed by atoms with E-state index in [1.54, 1.807) is 17.9 Å². The highest BCUT2D eigenvalue weighted by Gasteiger charge is 2.15. The van der Waals surface area contributed by atoms with E-state index in [2.05, 4.69) is 0 Å². The molecule has 0 saturated heterocycles. The normalized spacial score (nSPS) is 10.1. The van der Waals surface area contributed by atoms with Crippen LogP contribution in [0.4, 0.5) is 0 Å². The molecule has 0 bridgehead atoms. The molecule has 17 heavy (non-hydrogen) atoms. The van der Waals surface area contributed by atoms with Crippen molar-refractivity contribution in [1.82, 2.24) is 4.90 Å². The minimum Gasteiger partial charge on any atom is -0.478 e. The van der Waals surface area contributed by atoms with Crippen molar-refractivity contribution in [3.8, 4) is 0 Å². The lowest BCUT2D eigenvalue weighted by Crippen LogP contribution is -2.31. The number of hydrogen-bond donors (Lipinski definition) is 1. The van der Waals surface area contributed by atoms with E-state index in [1.165, 1.54) is 12.1 Å². The maximum absolute atomic E-state index is 12.1. The molecule has 1 aromatic carbocycles. The van der Waals surface area contributed by atoms with Crippen molar-refractivity contribution in [1.29, 1.82) is 0 Å². The third kappa shape index (κ3) is 2.84. The number of benzene rings is 1. The number of rotatable bonds is 4. The van der Waals surface area contributed by atoms with E-state index < -0.39 is 5.97 Å². The van der Waals surface area contributed by atoms with E-state index in [9.17, 15) is 9.59 Å². The molecule has 1 amide bonds. The fourth-order valence-corrected chi connectivity index (χ4v) is 1.72. The number of nitrogens with zero attached hydrogens (tertiary/aromatic N) is 1. The number of carbonyl (C=O) groups excluding carboxylic acids is 1. The summed E-state index contributed by atoms with van der Waals surface area (Å²) in [7, 11) is 0. The largest absolute Gasteiger partial charge is 0.478 e. The number of aromatic carboxylic acids is 1. The zero-order chi connectivity index (χ0) is 13.0. The predicted molar refractivity (Wildman–Crippen MR) is 65.4 cm³/mol. The van der Waals surface area contributed by atoms with Crippen molar-refractivity contribution in [2.75, 3.05) is 13.1 Å². The molecule has 0 heterocycles. The van der Waals surface area contributed by atoms with Crippen LogP contribution in [0, 0.1) is 6.92 Å². The Balaban J connectivity index is 3.07. The van der Waals surface area contributed by atoms with Crippen LogP contribution in [0.1, 0.15) is 40.1 Å². The smallest absolute Gasteiger partial charge is 0.335 e. The molecule has 0 spiro atoms. The Hall–Kier alpha value is -1.84. The van der Waals surface area contributed by atoms with Crippen molar-refractivity contribution < 1.29 is 14.7 Å². The third-order valence-corrected chi connectivity index (χ3v) is 2.75. The number of carbonyl (C=O) groups is 2. The second-order valence-electron chi connectivity index (χ2n) is 3.81. The molecule has 4 heteroatoms. The Kier molecular flexibility index (Phi) is 4.26. The topological polar surface area (TPSA) is 57.6 Å². The van der Waals surface area contributed by atoms with Gasteiger partial charge in [0.05, 0.1) is 5.56 Å². The lowest BCUT2D eigenvalue weighted by molar-refractivity contribution is 0.0694. The molecule has 1 rings (SSSR count). The summed E-state index contributed by atoms with van der Waals surface area (Å²) < 4.78 is 0. The van der Waals surface area contributed by atoms with Crippen LogP contribution in [0.5, 0.6) is 0 Å². The molecule has 0 aliphatic carbocycles. The molecule has 1 aromatic rings. The fraction of sp³-hybridized carbons (Fsp3) is 0.385. The molecular formula is C13H17NO3. The zero-order valence-electron chi connectivity index (χ0n) is 10.4. The Bertz CT molecular complexity index is 436. The van der Waals surface area contributed by atoms with Gasteiger partial charge in [-0.15, -0.1) is 0 Å². The van der Waals surface area contributed by atoms with E-state index in [4.69, 9.17) is 5.11 Å². The summed E-state index contributed by atoms with van der Waals surface area (Å²) in [5.74, 6) is -1.03. The van der Waals surface area contributed by atoms with Crippen molar-refractivity contribution in [2.24, 2.45) is 0 Å². The van der Waals surface area contributed by atoms with Gasteiger partial charge in [-0.3, -0.25) is 4.79 Å². The summed E-state index contributed by atoms with van der Waals surface area (Å²) in [6.07, 6.45) is 0. The molecule has 4 nitrogen and oxygen atoms in total. The molecular weight excluding hydrogens is 218 g/mol. The highest BCUT2D eigenvalue weighted by Crippen LogP contribution is 2.13. The third-order valence-electron chi connectivity index (χ3n) is 2.75. The van der Waals surface area contributed by atoms with E-state index in [1.807, 2.05) is 13.8 Å². The molecule has 0 fully saturated rings. The van der Waals surface area contributed by atoms with Crippen LogP contribution >= 0.6 is 0 Å². The van der Waals surface area contributed by atoms with Crippen molar-refractivity contribution in [2.45, 2.75) is 20.8 Å². The summed E-state index contributed by atoms with van der Waals surface area (Å²) in [6.45, 7) is 6.89. The quantitative estimate of drug-likeness (QED) is 0.870. The molecule has 0 aromatic heterocycles. The standard InChI is InChI=1S/C13H17NO3/c1-4-14(5-2)12(15)11-7-6-10(13(16)17)8-9(11)3/h6-8H,4-5H2,1-3H3,(H,16,17). The number of carboxylic acids is 1. The SMILES string of the molecule is CCN(CC)C(=O)c1ccc(C(=O)O)cc1C. The van der Waals surface area contributed by atoms with Gasteiger partial charge in [0.15, 0.2) is 0 Å². The molecule has 0 aliphatic heterocycles. The molecule has 0 saturated carbocycles. The molecule has 0 unspecified atom stereocenters. The van der Waals surface area contributed by atoms with Crippen molar-refractivity contribution in [3.05, 3.63) is 34.9 Å². The second kappa shape index (κ2) is 5.48. The second-order valence-corrected chi connectivity index (χ2v) is 3.81. The van der Waals surface area contributed by atoms with E-state index >= 15 is 0 Å². The lowest BCUT2D eigenvalue weighted by Gasteiger charge is -2.19. The first kappa shape index (κ1) is 13.2. The van der Waals surface area contributed by atoms with Crippen LogP contribution in [0.15, 0.2) is 18.2 Å². The molecule has 92 valence electrons. The minimum absolute atomic E-state index is 0.0514. The van der Waals surface area contributed by atoms with Crippen molar-refractivity contribution in [3.63, 3.8) is 0 Å². The zero-order valence-corrected chi connectivity index (χ0v) is 10.4. The van der Waals surface area contributed by atoms with Crippen LogP contribution in [0.25, 0.3) is 0 Å². The van der Waals surface area contributed by atoms with Gasteiger partial charge in [0.25, 0.3) is 5.91 Å². The van der Waals surface area contributed by atoms with Crippen molar-refractivity contribution >= 4 is 11.9 Å². The summed E-state index contributed by atoms with van der Waals surface area (Å²) >= 11 is 0. The summed E-state index contributed by atoms with van der Waals surface area (Å²) in [5.41, 5.74) is 1.47. The van der Waals surface area contributed by atoms with E-state index in [0.717, 1.165) is 0 Å². The molecule has 0 atom stereocenters. The van der Waals surface area contributed by atoms with E-state index in [-0.39, 0.29) is 11.5 Å². The van der Waals surface area contributed by atoms with Gasteiger partial charge in [-0.2, -0.15) is 0 Å². The highest BCUT2D eigenvalue weighted by atomic mass is 16.4. The Morgan fingerprint density at radius 3 is 2.24 bits per heavy atom. The number of aryl methyl sites for hydroxylation is 1.